The Bertz CT molecular complexity index is 546. The maximum Gasteiger partial charge on any atom is 0.276 e. The minimum absolute atomic E-state index is 0.0484. The number of hydrogen-bond donors (Lipinski definition) is 2. The Hall–Kier alpha value is -1.52. The van der Waals surface area contributed by atoms with Crippen molar-refractivity contribution in [2.75, 3.05) is 12.3 Å². The van der Waals surface area contributed by atoms with Crippen LogP contribution in [0, 0.1) is 5.92 Å². The number of hydrogen-bond acceptors (Lipinski definition) is 3. The van der Waals surface area contributed by atoms with Gasteiger partial charge in [0.2, 0.25) is 0 Å². The SMILES string of the molecule is Nc1c(C(=O)N2CCC[C@H]3CCCC[C@H]32)n[nH]c1C1CC1. The number of piperidine rings is 1. The van der Waals surface area contributed by atoms with E-state index < -0.39 is 0 Å². The van der Waals surface area contributed by atoms with Crippen molar-refractivity contribution in [1.82, 2.24) is 15.1 Å². The van der Waals surface area contributed by atoms with Crippen molar-refractivity contribution in [1.29, 1.82) is 0 Å². The van der Waals surface area contributed by atoms with Crippen LogP contribution in [0.5, 0.6) is 0 Å². The van der Waals surface area contributed by atoms with Gasteiger partial charge in [0.1, 0.15) is 0 Å². The first-order valence-corrected chi connectivity index (χ1v) is 8.40. The van der Waals surface area contributed by atoms with Crippen molar-refractivity contribution >= 4 is 11.6 Å². The monoisotopic (exact) mass is 288 g/mol. The number of nitrogens with zero attached hydrogens (tertiary/aromatic N) is 2. The van der Waals surface area contributed by atoms with E-state index in [0.717, 1.165) is 37.9 Å². The predicted octanol–water partition coefficient (Wildman–Crippen LogP) is 2.66. The topological polar surface area (TPSA) is 75.0 Å². The molecule has 0 spiro atoms. The van der Waals surface area contributed by atoms with Gasteiger partial charge >= 0.3 is 0 Å². The summed E-state index contributed by atoms with van der Waals surface area (Å²) < 4.78 is 0. The number of carbonyl (C=O) groups is 1. The molecule has 2 saturated carbocycles. The molecule has 0 bridgehead atoms. The second kappa shape index (κ2) is 5.04. The van der Waals surface area contributed by atoms with Crippen molar-refractivity contribution in [2.45, 2.75) is 63.3 Å². The van der Waals surface area contributed by atoms with E-state index in [0.29, 0.717) is 29.3 Å². The van der Waals surface area contributed by atoms with Crippen LogP contribution in [0.1, 0.15) is 73.5 Å². The molecule has 1 aromatic heterocycles. The molecule has 0 aromatic carbocycles. The molecular weight excluding hydrogens is 264 g/mol. The second-order valence-electron chi connectivity index (χ2n) is 6.93. The number of amides is 1. The minimum atomic E-state index is 0.0484. The molecule has 0 radical (unpaired) electrons. The Balaban J connectivity index is 1.58. The van der Waals surface area contributed by atoms with Gasteiger partial charge in [-0.05, 0) is 44.4 Å². The number of nitrogens with two attached hydrogens (primary N) is 1. The molecule has 3 aliphatic rings. The van der Waals surface area contributed by atoms with Crippen LogP contribution in [0.3, 0.4) is 0 Å². The van der Waals surface area contributed by atoms with Crippen LogP contribution < -0.4 is 5.73 Å². The molecule has 5 nitrogen and oxygen atoms in total. The summed E-state index contributed by atoms with van der Waals surface area (Å²) in [6, 6.07) is 0.417. The fourth-order valence-electron chi connectivity index (χ4n) is 4.22. The van der Waals surface area contributed by atoms with E-state index in [2.05, 4.69) is 15.1 Å². The molecule has 1 saturated heterocycles. The summed E-state index contributed by atoms with van der Waals surface area (Å²) in [5.74, 6) is 1.25. The fourth-order valence-corrected chi connectivity index (χ4v) is 4.22. The highest BCUT2D eigenvalue weighted by molar-refractivity contribution is 5.98. The van der Waals surface area contributed by atoms with E-state index in [-0.39, 0.29) is 5.91 Å². The van der Waals surface area contributed by atoms with Crippen molar-refractivity contribution < 1.29 is 4.79 Å². The van der Waals surface area contributed by atoms with Gasteiger partial charge in [-0.2, -0.15) is 5.10 Å². The number of aromatic amines is 1. The van der Waals surface area contributed by atoms with E-state index in [1.807, 2.05) is 0 Å². The summed E-state index contributed by atoms with van der Waals surface area (Å²) in [6.45, 7) is 0.866. The maximum atomic E-state index is 12.9. The largest absolute Gasteiger partial charge is 0.395 e. The Labute approximate surface area is 125 Å². The quantitative estimate of drug-likeness (QED) is 0.878. The van der Waals surface area contributed by atoms with Crippen LogP contribution in [0.2, 0.25) is 0 Å². The number of anilines is 1. The first-order chi connectivity index (χ1) is 10.3. The number of rotatable bonds is 2. The van der Waals surface area contributed by atoms with Crippen LogP contribution in [0.15, 0.2) is 0 Å². The highest BCUT2D eigenvalue weighted by Gasteiger charge is 2.38. The number of nitrogens with one attached hydrogen (secondary N) is 1. The molecule has 21 heavy (non-hydrogen) atoms. The molecule has 2 atom stereocenters. The van der Waals surface area contributed by atoms with Gasteiger partial charge in [-0.15, -0.1) is 0 Å². The molecule has 3 N–H and O–H groups in total. The summed E-state index contributed by atoms with van der Waals surface area (Å²) in [7, 11) is 0. The standard InChI is InChI=1S/C16H24N4O/c17-13-14(11-7-8-11)18-19-15(13)16(21)20-9-3-5-10-4-1-2-6-12(10)20/h10-12H,1-9,17H2,(H,18,19)/t10-,12-/m1/s1. The Morgan fingerprint density at radius 2 is 1.90 bits per heavy atom. The van der Waals surface area contributed by atoms with Crippen LogP contribution in [-0.2, 0) is 0 Å². The van der Waals surface area contributed by atoms with Gasteiger partial charge in [-0.25, -0.2) is 0 Å². The molecule has 1 aromatic rings. The lowest BCUT2D eigenvalue weighted by Gasteiger charge is -2.43. The van der Waals surface area contributed by atoms with E-state index in [4.69, 9.17) is 5.73 Å². The number of aromatic nitrogens is 2. The molecule has 0 unspecified atom stereocenters. The molecule has 114 valence electrons. The van der Waals surface area contributed by atoms with Gasteiger partial charge < -0.3 is 10.6 Å². The van der Waals surface area contributed by atoms with Crippen molar-refractivity contribution in [2.24, 2.45) is 5.92 Å². The molecular formula is C16H24N4O. The lowest BCUT2D eigenvalue weighted by Crippen LogP contribution is -2.49. The van der Waals surface area contributed by atoms with Gasteiger partial charge in [-0.1, -0.05) is 12.8 Å². The van der Waals surface area contributed by atoms with Gasteiger partial charge in [0, 0.05) is 18.5 Å². The summed E-state index contributed by atoms with van der Waals surface area (Å²) in [4.78, 5) is 15.0. The molecule has 4 rings (SSSR count). The maximum absolute atomic E-state index is 12.9. The first kappa shape index (κ1) is 13.2. The van der Waals surface area contributed by atoms with E-state index in [1.165, 1.54) is 25.7 Å². The predicted molar refractivity (Wildman–Crippen MR) is 81.0 cm³/mol. The summed E-state index contributed by atoms with van der Waals surface area (Å²) >= 11 is 0. The lowest BCUT2D eigenvalue weighted by molar-refractivity contribution is 0.0386. The molecule has 2 aliphatic carbocycles. The zero-order valence-corrected chi connectivity index (χ0v) is 12.5. The van der Waals surface area contributed by atoms with Gasteiger partial charge in [0.15, 0.2) is 5.69 Å². The third-order valence-electron chi connectivity index (χ3n) is 5.53. The number of likely N-dealkylation sites (tertiary alicyclic amines) is 1. The molecule has 1 aliphatic heterocycles. The molecule has 2 heterocycles. The number of H-pyrrole nitrogens is 1. The average Bonchev–Trinajstić information content (AvgIpc) is 3.29. The summed E-state index contributed by atoms with van der Waals surface area (Å²) in [5.41, 5.74) is 8.22. The molecule has 1 amide bonds. The minimum Gasteiger partial charge on any atom is -0.395 e. The normalized spacial score (nSPS) is 29.2. The Morgan fingerprint density at radius 3 is 2.71 bits per heavy atom. The first-order valence-electron chi connectivity index (χ1n) is 8.40. The van der Waals surface area contributed by atoms with Crippen LogP contribution in [0.25, 0.3) is 0 Å². The van der Waals surface area contributed by atoms with Gasteiger partial charge in [-0.3, -0.25) is 9.89 Å². The van der Waals surface area contributed by atoms with Crippen molar-refractivity contribution in [3.63, 3.8) is 0 Å². The Morgan fingerprint density at radius 1 is 1.14 bits per heavy atom. The highest BCUT2D eigenvalue weighted by Crippen LogP contribution is 2.43. The van der Waals surface area contributed by atoms with Crippen molar-refractivity contribution in [3.05, 3.63) is 11.4 Å². The number of carbonyl (C=O) groups excluding carboxylic acids is 1. The zero-order chi connectivity index (χ0) is 14.4. The van der Waals surface area contributed by atoms with E-state index in [9.17, 15) is 4.79 Å². The van der Waals surface area contributed by atoms with Crippen molar-refractivity contribution in [3.8, 4) is 0 Å². The van der Waals surface area contributed by atoms with Crippen LogP contribution in [0.4, 0.5) is 5.69 Å². The van der Waals surface area contributed by atoms with Crippen LogP contribution >= 0.6 is 0 Å². The average molecular weight is 288 g/mol. The lowest BCUT2D eigenvalue weighted by atomic mass is 9.78. The van der Waals surface area contributed by atoms with Crippen LogP contribution in [-0.4, -0.2) is 33.6 Å². The summed E-state index contributed by atoms with van der Waals surface area (Å²) in [6.07, 6.45) is 9.70. The highest BCUT2D eigenvalue weighted by atomic mass is 16.2. The van der Waals surface area contributed by atoms with E-state index in [1.54, 1.807) is 0 Å². The third-order valence-corrected chi connectivity index (χ3v) is 5.53. The fraction of sp³-hybridized carbons (Fsp3) is 0.750. The molecule has 3 fully saturated rings. The number of fused-ring (bicyclic) bond motifs is 1. The zero-order valence-electron chi connectivity index (χ0n) is 12.5. The smallest absolute Gasteiger partial charge is 0.276 e. The van der Waals surface area contributed by atoms with Gasteiger partial charge in [0.25, 0.3) is 5.91 Å². The molecule has 5 heteroatoms. The van der Waals surface area contributed by atoms with Gasteiger partial charge in [0.05, 0.1) is 11.4 Å². The third kappa shape index (κ3) is 2.23. The Kier molecular flexibility index (Phi) is 3.16. The second-order valence-corrected chi connectivity index (χ2v) is 6.93. The number of nitrogen functional groups attached to an aromatic ring is 1. The van der Waals surface area contributed by atoms with E-state index >= 15 is 0 Å². The summed E-state index contributed by atoms with van der Waals surface area (Å²) in [5, 5.41) is 7.25.